The van der Waals surface area contributed by atoms with Crippen molar-refractivity contribution in [3.8, 4) is 11.5 Å². The summed E-state index contributed by atoms with van der Waals surface area (Å²) in [5.74, 6) is 0.642. The van der Waals surface area contributed by atoms with Crippen LogP contribution in [-0.4, -0.2) is 47.3 Å². The molecule has 2 unspecified atom stereocenters. The topological polar surface area (TPSA) is 76.1 Å². The summed E-state index contributed by atoms with van der Waals surface area (Å²) in [6, 6.07) is 19.2. The highest BCUT2D eigenvalue weighted by Crippen LogP contribution is 2.42. The number of alkyl halides is 3. The van der Waals surface area contributed by atoms with Gasteiger partial charge in [-0.15, -0.1) is 0 Å². The average Bonchev–Trinajstić information content (AvgIpc) is 3.21. The summed E-state index contributed by atoms with van der Waals surface area (Å²) in [7, 11) is 0. The van der Waals surface area contributed by atoms with Gasteiger partial charge in [-0.1, -0.05) is 54.6 Å². The second-order valence-corrected chi connectivity index (χ2v) is 12.4. The van der Waals surface area contributed by atoms with Crippen molar-refractivity contribution in [3.63, 3.8) is 0 Å². The minimum absolute atomic E-state index is 0.0193. The predicted octanol–water partition coefficient (Wildman–Crippen LogP) is 7.74. The molecule has 1 saturated heterocycles. The van der Waals surface area contributed by atoms with Crippen molar-refractivity contribution in [1.82, 2.24) is 4.90 Å². The highest BCUT2D eigenvalue weighted by molar-refractivity contribution is 6.08. The van der Waals surface area contributed by atoms with Crippen LogP contribution in [0.5, 0.6) is 11.5 Å². The molecule has 1 aliphatic rings. The number of likely N-dealkylation sites (tertiary alicyclic amines) is 1. The molecular formula is C37H42F3NO5. The maximum Gasteiger partial charge on any atom is 0.421 e. The summed E-state index contributed by atoms with van der Waals surface area (Å²) in [5, 5.41) is 10.5. The molecule has 3 aromatic carbocycles. The number of ether oxygens (including phenoxy) is 2. The maximum atomic E-state index is 13.8. The number of imide groups is 1. The second kappa shape index (κ2) is 14.1. The number of allylic oxidation sites excluding steroid dienone is 1. The van der Waals surface area contributed by atoms with Gasteiger partial charge in [0.1, 0.15) is 11.5 Å². The number of rotatable bonds is 13. The number of hydrogen-bond donors (Lipinski definition) is 1. The quantitative estimate of drug-likeness (QED) is 0.153. The lowest BCUT2D eigenvalue weighted by Crippen LogP contribution is -2.39. The SMILES string of the molecule is C/C=C/c1cc(C(C)(O)C(F)(F)F)cc(Cc2ccccc2)c1OCCCCN1C(=O)CC(C)(c2ccc(OC(C)C)cc2)C1=O. The summed E-state index contributed by atoms with van der Waals surface area (Å²) in [6.07, 6.45) is -0.140. The molecule has 1 heterocycles. The number of amides is 2. The number of halogens is 3. The van der Waals surface area contributed by atoms with Crippen LogP contribution in [0.3, 0.4) is 0 Å². The van der Waals surface area contributed by atoms with E-state index in [0.717, 1.165) is 18.1 Å². The van der Waals surface area contributed by atoms with Gasteiger partial charge < -0.3 is 14.6 Å². The van der Waals surface area contributed by atoms with Crippen LogP contribution in [0.4, 0.5) is 13.2 Å². The molecule has 4 rings (SSSR count). The van der Waals surface area contributed by atoms with E-state index in [9.17, 15) is 27.9 Å². The van der Waals surface area contributed by atoms with Gasteiger partial charge in [-0.2, -0.15) is 13.2 Å². The zero-order chi connectivity index (χ0) is 33.7. The Labute approximate surface area is 268 Å². The molecule has 0 radical (unpaired) electrons. The summed E-state index contributed by atoms with van der Waals surface area (Å²) in [5.41, 5.74) is -1.74. The molecule has 6 nitrogen and oxygen atoms in total. The number of unbranched alkanes of at least 4 members (excludes halogenated alkanes) is 1. The third-order valence-electron chi connectivity index (χ3n) is 8.30. The average molecular weight is 638 g/mol. The van der Waals surface area contributed by atoms with Crippen molar-refractivity contribution in [1.29, 1.82) is 0 Å². The highest BCUT2D eigenvalue weighted by Gasteiger charge is 2.51. The van der Waals surface area contributed by atoms with Crippen molar-refractivity contribution in [2.24, 2.45) is 0 Å². The molecular weight excluding hydrogens is 595 g/mol. The minimum Gasteiger partial charge on any atom is -0.493 e. The number of aliphatic hydroxyl groups is 1. The first-order valence-corrected chi connectivity index (χ1v) is 15.5. The zero-order valence-corrected chi connectivity index (χ0v) is 27.0. The molecule has 0 saturated carbocycles. The largest absolute Gasteiger partial charge is 0.493 e. The predicted molar refractivity (Wildman–Crippen MR) is 172 cm³/mol. The van der Waals surface area contributed by atoms with Gasteiger partial charge in [0, 0.05) is 24.9 Å². The fourth-order valence-corrected chi connectivity index (χ4v) is 5.64. The van der Waals surface area contributed by atoms with E-state index in [1.54, 1.807) is 26.0 Å². The molecule has 2 amide bonds. The van der Waals surface area contributed by atoms with E-state index in [2.05, 4.69) is 0 Å². The summed E-state index contributed by atoms with van der Waals surface area (Å²) < 4.78 is 53.3. The Morgan fingerprint density at radius 3 is 2.30 bits per heavy atom. The number of benzene rings is 3. The molecule has 0 spiro atoms. The molecule has 1 N–H and O–H groups in total. The van der Waals surface area contributed by atoms with E-state index in [1.807, 2.05) is 68.4 Å². The lowest BCUT2D eigenvalue weighted by molar-refractivity contribution is -0.258. The first kappa shape index (κ1) is 34.8. The highest BCUT2D eigenvalue weighted by atomic mass is 19.4. The Bertz CT molecular complexity index is 1550. The molecule has 3 aromatic rings. The first-order chi connectivity index (χ1) is 21.7. The van der Waals surface area contributed by atoms with Crippen LogP contribution in [0.1, 0.15) is 81.7 Å². The molecule has 1 fully saturated rings. The Hall–Kier alpha value is -4.11. The van der Waals surface area contributed by atoms with Crippen LogP contribution >= 0.6 is 0 Å². The third kappa shape index (κ3) is 7.64. The minimum atomic E-state index is -4.88. The molecule has 0 aliphatic carbocycles. The van der Waals surface area contributed by atoms with E-state index in [1.165, 1.54) is 17.0 Å². The maximum absolute atomic E-state index is 13.8. The molecule has 1 aliphatic heterocycles. The summed E-state index contributed by atoms with van der Waals surface area (Å²) in [4.78, 5) is 27.7. The Kier molecular flexibility index (Phi) is 10.7. The summed E-state index contributed by atoms with van der Waals surface area (Å²) in [6.45, 7) is 8.59. The number of carbonyl (C=O) groups excluding carboxylic acids is 2. The van der Waals surface area contributed by atoms with Gasteiger partial charge in [0.15, 0.2) is 5.60 Å². The van der Waals surface area contributed by atoms with E-state index in [-0.39, 0.29) is 43.1 Å². The molecule has 9 heteroatoms. The van der Waals surface area contributed by atoms with Gasteiger partial charge in [-0.25, -0.2) is 0 Å². The van der Waals surface area contributed by atoms with Gasteiger partial charge in [0.25, 0.3) is 0 Å². The van der Waals surface area contributed by atoms with Crippen molar-refractivity contribution >= 4 is 17.9 Å². The fraction of sp³-hybridized carbons (Fsp3) is 0.405. The van der Waals surface area contributed by atoms with E-state index in [4.69, 9.17) is 9.47 Å². The normalized spacial score (nSPS) is 18.4. The first-order valence-electron chi connectivity index (χ1n) is 15.5. The lowest BCUT2D eigenvalue weighted by Gasteiger charge is -2.28. The van der Waals surface area contributed by atoms with E-state index < -0.39 is 17.2 Å². The van der Waals surface area contributed by atoms with Crippen LogP contribution < -0.4 is 9.47 Å². The van der Waals surface area contributed by atoms with Gasteiger partial charge >= 0.3 is 6.18 Å². The van der Waals surface area contributed by atoms with Gasteiger partial charge in [-0.05, 0) is 94.0 Å². The van der Waals surface area contributed by atoms with Crippen molar-refractivity contribution in [2.75, 3.05) is 13.2 Å². The molecule has 0 bridgehead atoms. The molecule has 46 heavy (non-hydrogen) atoms. The van der Waals surface area contributed by atoms with Gasteiger partial charge in [0.05, 0.1) is 18.1 Å². The molecule has 246 valence electrons. The summed E-state index contributed by atoms with van der Waals surface area (Å²) >= 11 is 0. The smallest absolute Gasteiger partial charge is 0.421 e. The Morgan fingerprint density at radius 1 is 1.02 bits per heavy atom. The van der Waals surface area contributed by atoms with Crippen molar-refractivity contribution in [3.05, 3.63) is 101 Å². The van der Waals surface area contributed by atoms with Crippen LogP contribution in [0.15, 0.2) is 72.8 Å². The fourth-order valence-electron chi connectivity index (χ4n) is 5.64. The van der Waals surface area contributed by atoms with Gasteiger partial charge in [-0.3, -0.25) is 14.5 Å². The van der Waals surface area contributed by atoms with E-state index in [0.29, 0.717) is 41.9 Å². The zero-order valence-electron chi connectivity index (χ0n) is 27.0. The Balaban J connectivity index is 1.47. The number of nitrogens with zero attached hydrogens (tertiary/aromatic N) is 1. The van der Waals surface area contributed by atoms with Crippen LogP contribution in [0.25, 0.3) is 6.08 Å². The van der Waals surface area contributed by atoms with Crippen LogP contribution in [0.2, 0.25) is 0 Å². The van der Waals surface area contributed by atoms with Crippen molar-refractivity contribution in [2.45, 2.75) is 83.6 Å². The van der Waals surface area contributed by atoms with E-state index >= 15 is 0 Å². The molecule has 0 aromatic heterocycles. The number of hydrogen-bond acceptors (Lipinski definition) is 5. The monoisotopic (exact) mass is 637 g/mol. The lowest BCUT2D eigenvalue weighted by atomic mass is 9.81. The molecule has 2 atom stereocenters. The number of carbonyl (C=O) groups is 2. The van der Waals surface area contributed by atoms with Gasteiger partial charge in [0.2, 0.25) is 11.8 Å². The van der Waals surface area contributed by atoms with Crippen LogP contribution in [-0.2, 0) is 27.0 Å². The Morgan fingerprint density at radius 2 is 1.70 bits per heavy atom. The third-order valence-corrected chi connectivity index (χ3v) is 8.30. The standard InChI is InChI=1S/C37H42F3NO5/c1-6-12-27-22-30(36(5,44)37(38,39)40)23-28(21-26-13-8-7-9-14-26)33(27)45-20-11-10-19-41-32(42)24-35(4,34(41)43)29-15-17-31(18-16-29)46-25(2)3/h6-9,12-18,22-23,25,44H,10-11,19-21,24H2,1-5H3/b12-6+. The van der Waals surface area contributed by atoms with Crippen LogP contribution in [0, 0.1) is 0 Å². The second-order valence-electron chi connectivity index (χ2n) is 12.4. The van der Waals surface area contributed by atoms with Crippen molar-refractivity contribution < 1.29 is 37.3 Å².